The van der Waals surface area contributed by atoms with Crippen molar-refractivity contribution < 1.29 is 14.3 Å². The first-order valence-corrected chi connectivity index (χ1v) is 11.2. The smallest absolute Gasteiger partial charge is 0.410 e. The average Bonchev–Trinajstić information content (AvgIpc) is 3.34. The van der Waals surface area contributed by atoms with Crippen LogP contribution in [0.25, 0.3) is 0 Å². The zero-order chi connectivity index (χ0) is 21.1. The molecule has 0 aromatic heterocycles. The molecular formula is C23H34N4O3. The molecular weight excluding hydrogens is 380 g/mol. The van der Waals surface area contributed by atoms with E-state index in [1.807, 2.05) is 40.1 Å². The molecule has 1 aromatic carbocycles. The fraction of sp³-hybridized carbons (Fsp3) is 0.652. The SMILES string of the molecule is CN(C)[C@H]1CCN(CCCN2CC3(CCN(C(=O)c4ccccc4)CC3)OC2=O)C1. The van der Waals surface area contributed by atoms with Crippen molar-refractivity contribution in [2.24, 2.45) is 0 Å². The van der Waals surface area contributed by atoms with Gasteiger partial charge in [0.25, 0.3) is 5.91 Å². The minimum absolute atomic E-state index is 0.0632. The van der Waals surface area contributed by atoms with E-state index in [1.165, 1.54) is 6.42 Å². The number of piperidine rings is 1. The van der Waals surface area contributed by atoms with E-state index in [2.05, 4.69) is 23.9 Å². The third-order valence-corrected chi connectivity index (χ3v) is 6.90. The number of carbonyl (C=O) groups excluding carboxylic acids is 2. The minimum Gasteiger partial charge on any atom is -0.441 e. The lowest BCUT2D eigenvalue weighted by atomic mass is 9.91. The van der Waals surface area contributed by atoms with Gasteiger partial charge in [0.15, 0.2) is 0 Å². The second-order valence-electron chi connectivity index (χ2n) is 9.19. The Labute approximate surface area is 179 Å². The van der Waals surface area contributed by atoms with Gasteiger partial charge in [0.05, 0.1) is 6.54 Å². The topological polar surface area (TPSA) is 56.3 Å². The normalized spacial score (nSPS) is 24.1. The number of carbonyl (C=O) groups is 2. The summed E-state index contributed by atoms with van der Waals surface area (Å²) in [5.74, 6) is 0.0632. The quantitative estimate of drug-likeness (QED) is 0.714. The molecule has 164 valence electrons. The van der Waals surface area contributed by atoms with Crippen LogP contribution < -0.4 is 0 Å². The number of hydrogen-bond acceptors (Lipinski definition) is 5. The van der Waals surface area contributed by atoms with Crippen molar-refractivity contribution in [3.63, 3.8) is 0 Å². The maximum Gasteiger partial charge on any atom is 0.410 e. The van der Waals surface area contributed by atoms with Crippen molar-refractivity contribution in [2.45, 2.75) is 37.3 Å². The number of amides is 2. The van der Waals surface area contributed by atoms with Crippen LogP contribution in [0, 0.1) is 0 Å². The van der Waals surface area contributed by atoms with Gasteiger partial charge in [-0.05, 0) is 52.2 Å². The number of hydrogen-bond donors (Lipinski definition) is 0. The molecule has 3 heterocycles. The minimum atomic E-state index is -0.422. The summed E-state index contributed by atoms with van der Waals surface area (Å²) < 4.78 is 5.84. The molecule has 3 saturated heterocycles. The Balaban J connectivity index is 1.22. The van der Waals surface area contributed by atoms with Crippen molar-refractivity contribution in [3.05, 3.63) is 35.9 Å². The molecule has 0 saturated carbocycles. The highest BCUT2D eigenvalue weighted by Crippen LogP contribution is 2.33. The summed E-state index contributed by atoms with van der Waals surface area (Å²) >= 11 is 0. The molecule has 0 bridgehead atoms. The van der Waals surface area contributed by atoms with Crippen molar-refractivity contribution in [1.29, 1.82) is 0 Å². The van der Waals surface area contributed by atoms with Crippen molar-refractivity contribution >= 4 is 12.0 Å². The lowest BCUT2D eigenvalue weighted by Crippen LogP contribution is -2.48. The third-order valence-electron chi connectivity index (χ3n) is 6.90. The van der Waals surface area contributed by atoms with E-state index in [1.54, 1.807) is 0 Å². The second kappa shape index (κ2) is 8.94. The fourth-order valence-electron chi connectivity index (χ4n) is 4.93. The summed E-state index contributed by atoms with van der Waals surface area (Å²) in [5.41, 5.74) is 0.297. The first-order chi connectivity index (χ1) is 14.5. The lowest BCUT2D eigenvalue weighted by Gasteiger charge is -2.37. The number of nitrogens with zero attached hydrogens (tertiary/aromatic N) is 4. The predicted octanol–water partition coefficient (Wildman–Crippen LogP) is 2.14. The zero-order valence-corrected chi connectivity index (χ0v) is 18.3. The largest absolute Gasteiger partial charge is 0.441 e. The highest BCUT2D eigenvalue weighted by molar-refractivity contribution is 5.94. The molecule has 1 atom stereocenters. The molecule has 1 spiro atoms. The van der Waals surface area contributed by atoms with Gasteiger partial charge in [0.2, 0.25) is 0 Å². The summed E-state index contributed by atoms with van der Waals surface area (Å²) in [4.78, 5) is 33.7. The van der Waals surface area contributed by atoms with E-state index in [0.29, 0.717) is 38.5 Å². The predicted molar refractivity (Wildman–Crippen MR) is 116 cm³/mol. The first kappa shape index (κ1) is 21.1. The van der Waals surface area contributed by atoms with Gasteiger partial charge in [0, 0.05) is 50.6 Å². The Kier molecular flexibility index (Phi) is 6.29. The van der Waals surface area contributed by atoms with E-state index in [9.17, 15) is 9.59 Å². The Morgan fingerprint density at radius 2 is 1.87 bits per heavy atom. The third kappa shape index (κ3) is 4.62. The van der Waals surface area contributed by atoms with Crippen LogP contribution in [0.4, 0.5) is 4.79 Å². The molecule has 1 aromatic rings. The highest BCUT2D eigenvalue weighted by Gasteiger charge is 2.47. The Morgan fingerprint density at radius 1 is 1.13 bits per heavy atom. The van der Waals surface area contributed by atoms with Gasteiger partial charge in [-0.3, -0.25) is 4.79 Å². The Bertz CT molecular complexity index is 746. The monoisotopic (exact) mass is 414 g/mol. The summed E-state index contributed by atoms with van der Waals surface area (Å²) in [6, 6.07) is 10.0. The Hall–Kier alpha value is -2.12. The van der Waals surface area contributed by atoms with Gasteiger partial charge in [-0.1, -0.05) is 18.2 Å². The molecule has 2 amide bonds. The van der Waals surface area contributed by atoms with E-state index in [4.69, 9.17) is 4.74 Å². The average molecular weight is 415 g/mol. The van der Waals surface area contributed by atoms with Crippen LogP contribution in [-0.2, 0) is 4.74 Å². The number of benzene rings is 1. The molecule has 0 radical (unpaired) electrons. The summed E-state index contributed by atoms with van der Waals surface area (Å²) in [6.07, 6.45) is 3.43. The molecule has 30 heavy (non-hydrogen) atoms. The number of likely N-dealkylation sites (tertiary alicyclic amines) is 2. The second-order valence-corrected chi connectivity index (χ2v) is 9.19. The maximum absolute atomic E-state index is 12.7. The van der Waals surface area contributed by atoms with Crippen LogP contribution in [0.5, 0.6) is 0 Å². The van der Waals surface area contributed by atoms with Gasteiger partial charge in [-0.15, -0.1) is 0 Å². The van der Waals surface area contributed by atoms with E-state index >= 15 is 0 Å². The van der Waals surface area contributed by atoms with E-state index < -0.39 is 5.60 Å². The van der Waals surface area contributed by atoms with E-state index in [0.717, 1.165) is 38.2 Å². The van der Waals surface area contributed by atoms with Crippen molar-refractivity contribution in [1.82, 2.24) is 19.6 Å². The molecule has 0 N–H and O–H groups in total. The Morgan fingerprint density at radius 3 is 2.53 bits per heavy atom. The van der Waals surface area contributed by atoms with Crippen molar-refractivity contribution in [2.75, 3.05) is 59.9 Å². The lowest BCUT2D eigenvalue weighted by molar-refractivity contribution is 0.00313. The molecule has 0 aliphatic carbocycles. The fourth-order valence-corrected chi connectivity index (χ4v) is 4.93. The maximum atomic E-state index is 12.7. The van der Waals surface area contributed by atoms with Crippen LogP contribution in [0.15, 0.2) is 30.3 Å². The van der Waals surface area contributed by atoms with E-state index in [-0.39, 0.29) is 12.0 Å². The molecule has 7 nitrogen and oxygen atoms in total. The number of ether oxygens (including phenoxy) is 1. The van der Waals surface area contributed by atoms with Gasteiger partial charge in [-0.25, -0.2) is 4.79 Å². The van der Waals surface area contributed by atoms with Crippen LogP contribution in [-0.4, -0.2) is 103 Å². The van der Waals surface area contributed by atoms with Crippen LogP contribution in [0.1, 0.15) is 36.0 Å². The number of rotatable bonds is 6. The van der Waals surface area contributed by atoms with Gasteiger partial charge in [0.1, 0.15) is 5.60 Å². The molecule has 4 rings (SSSR count). The molecule has 3 aliphatic rings. The highest BCUT2D eigenvalue weighted by atomic mass is 16.6. The standard InChI is InChI=1S/C23H34N4O3/c1-24(2)20-9-14-25(17-20)12-6-13-27-18-23(30-22(27)29)10-15-26(16-11-23)21(28)19-7-4-3-5-8-19/h3-5,7-8,20H,6,9-18H2,1-2H3/t20-/m0/s1. The zero-order valence-electron chi connectivity index (χ0n) is 18.3. The van der Waals surface area contributed by atoms with Gasteiger partial charge in [-0.2, -0.15) is 0 Å². The molecule has 3 fully saturated rings. The summed E-state index contributed by atoms with van der Waals surface area (Å²) in [6.45, 7) is 5.95. The summed E-state index contributed by atoms with van der Waals surface area (Å²) in [7, 11) is 4.29. The molecule has 0 unspecified atom stereocenters. The van der Waals surface area contributed by atoms with Gasteiger partial charge < -0.3 is 24.3 Å². The van der Waals surface area contributed by atoms with Gasteiger partial charge >= 0.3 is 6.09 Å². The van der Waals surface area contributed by atoms with Crippen LogP contribution in [0.2, 0.25) is 0 Å². The molecule has 7 heteroatoms. The summed E-state index contributed by atoms with van der Waals surface area (Å²) in [5, 5.41) is 0. The van der Waals surface area contributed by atoms with Crippen LogP contribution >= 0.6 is 0 Å². The first-order valence-electron chi connectivity index (χ1n) is 11.2. The van der Waals surface area contributed by atoms with Crippen LogP contribution in [0.3, 0.4) is 0 Å². The van der Waals surface area contributed by atoms with Crippen molar-refractivity contribution in [3.8, 4) is 0 Å². The number of likely N-dealkylation sites (N-methyl/N-ethyl adjacent to an activating group) is 1. The molecule has 3 aliphatic heterocycles.